The van der Waals surface area contributed by atoms with Gasteiger partial charge < -0.3 is 10.2 Å². The number of benzene rings is 3. The van der Waals surface area contributed by atoms with Crippen molar-refractivity contribution in [2.75, 3.05) is 10.8 Å². The molecule has 41 heavy (non-hydrogen) atoms. The van der Waals surface area contributed by atoms with Gasteiger partial charge in [-0.15, -0.1) is 0 Å². The summed E-state index contributed by atoms with van der Waals surface area (Å²) in [6, 6.07) is 21.4. The van der Waals surface area contributed by atoms with Gasteiger partial charge in [-0.05, 0) is 67.1 Å². The molecule has 220 valence electrons. The highest BCUT2D eigenvalue weighted by Gasteiger charge is 2.34. The molecule has 2 atom stereocenters. The quantitative estimate of drug-likeness (QED) is 0.248. The Labute approximate surface area is 249 Å². The molecule has 0 saturated heterocycles. The Morgan fingerprint density at radius 3 is 2.02 bits per heavy atom. The van der Waals surface area contributed by atoms with Crippen LogP contribution in [0.15, 0.2) is 83.8 Å². The summed E-state index contributed by atoms with van der Waals surface area (Å²) in [5, 5.41) is 3.44. The molecule has 0 aliphatic rings. The number of nitrogens with zero attached hydrogens (tertiary/aromatic N) is 2. The summed E-state index contributed by atoms with van der Waals surface area (Å²) in [5.74, 6) is -0.546. The molecule has 0 fully saturated rings. The maximum absolute atomic E-state index is 14.2. The van der Waals surface area contributed by atoms with Crippen LogP contribution in [0.3, 0.4) is 0 Å². The molecule has 0 aromatic heterocycles. The van der Waals surface area contributed by atoms with E-state index in [-0.39, 0.29) is 29.3 Å². The molecule has 0 heterocycles. The molecule has 0 bridgehead atoms. The van der Waals surface area contributed by atoms with E-state index in [9.17, 15) is 18.0 Å². The van der Waals surface area contributed by atoms with Gasteiger partial charge in [-0.25, -0.2) is 8.42 Å². The van der Waals surface area contributed by atoms with Crippen molar-refractivity contribution in [1.82, 2.24) is 10.2 Å². The summed E-state index contributed by atoms with van der Waals surface area (Å²) >= 11 is 6.46. The lowest BCUT2D eigenvalue weighted by Crippen LogP contribution is -2.53. The Kier molecular flexibility index (Phi) is 11.4. The Bertz CT molecular complexity index is 1410. The second-order valence-corrected chi connectivity index (χ2v) is 12.7. The third kappa shape index (κ3) is 8.11. The number of amides is 2. The van der Waals surface area contributed by atoms with E-state index in [4.69, 9.17) is 11.6 Å². The van der Waals surface area contributed by atoms with Gasteiger partial charge in [0.1, 0.15) is 12.6 Å². The van der Waals surface area contributed by atoms with Crippen molar-refractivity contribution in [2.24, 2.45) is 0 Å². The molecule has 2 unspecified atom stereocenters. The van der Waals surface area contributed by atoms with E-state index < -0.39 is 28.5 Å². The SMILES string of the molecule is CCC(C)NC(=O)C(CC)N(Cc1ccccc1Cl)C(=O)CN(c1ccc(C(C)C)cc1)S(=O)(=O)c1ccccc1. The Hall–Kier alpha value is -3.36. The minimum Gasteiger partial charge on any atom is -0.352 e. The summed E-state index contributed by atoms with van der Waals surface area (Å²) in [5.41, 5.74) is 2.07. The van der Waals surface area contributed by atoms with Gasteiger partial charge in [-0.2, -0.15) is 0 Å². The van der Waals surface area contributed by atoms with Crippen molar-refractivity contribution in [1.29, 1.82) is 0 Å². The fourth-order valence-electron chi connectivity index (χ4n) is 4.44. The molecule has 0 aliphatic carbocycles. The van der Waals surface area contributed by atoms with Gasteiger partial charge >= 0.3 is 0 Å². The van der Waals surface area contributed by atoms with Gasteiger partial charge in [-0.3, -0.25) is 13.9 Å². The van der Waals surface area contributed by atoms with Gasteiger partial charge in [0.2, 0.25) is 11.8 Å². The number of halogens is 1. The van der Waals surface area contributed by atoms with Gasteiger partial charge in [0.25, 0.3) is 10.0 Å². The normalized spacial score (nSPS) is 13.0. The van der Waals surface area contributed by atoms with Crippen molar-refractivity contribution >= 4 is 39.1 Å². The topological polar surface area (TPSA) is 86.8 Å². The molecule has 3 aromatic rings. The second kappa shape index (κ2) is 14.5. The minimum atomic E-state index is -4.11. The molecule has 0 spiro atoms. The first-order chi connectivity index (χ1) is 19.5. The fraction of sp³-hybridized carbons (Fsp3) is 0.375. The number of carbonyl (C=O) groups excluding carboxylic acids is 2. The Morgan fingerprint density at radius 1 is 0.854 bits per heavy atom. The van der Waals surface area contributed by atoms with E-state index in [1.54, 1.807) is 48.5 Å². The highest BCUT2D eigenvalue weighted by molar-refractivity contribution is 7.92. The average molecular weight is 598 g/mol. The molecule has 2 amide bonds. The molecule has 3 aromatic carbocycles. The third-order valence-electron chi connectivity index (χ3n) is 7.14. The zero-order valence-corrected chi connectivity index (χ0v) is 26.0. The van der Waals surface area contributed by atoms with Crippen LogP contribution in [0.5, 0.6) is 0 Å². The van der Waals surface area contributed by atoms with Gasteiger partial charge in [0, 0.05) is 17.6 Å². The predicted octanol–water partition coefficient (Wildman–Crippen LogP) is 6.38. The highest BCUT2D eigenvalue weighted by Crippen LogP contribution is 2.27. The number of sulfonamides is 1. The average Bonchev–Trinajstić information content (AvgIpc) is 2.97. The van der Waals surface area contributed by atoms with E-state index in [1.165, 1.54) is 17.0 Å². The van der Waals surface area contributed by atoms with Crippen LogP contribution in [0.1, 0.15) is 64.5 Å². The maximum atomic E-state index is 14.2. The summed E-state index contributed by atoms with van der Waals surface area (Å²) < 4.78 is 29.0. The van der Waals surface area contributed by atoms with Gasteiger partial charge in [0.05, 0.1) is 10.6 Å². The van der Waals surface area contributed by atoms with Crippen molar-refractivity contribution in [3.63, 3.8) is 0 Å². The van der Waals surface area contributed by atoms with Crippen LogP contribution in [-0.4, -0.2) is 43.8 Å². The molecule has 0 radical (unpaired) electrons. The Balaban J connectivity index is 2.07. The van der Waals surface area contributed by atoms with Crippen LogP contribution in [0.4, 0.5) is 5.69 Å². The number of rotatable bonds is 13. The highest BCUT2D eigenvalue weighted by atomic mass is 35.5. The van der Waals surface area contributed by atoms with E-state index in [1.807, 2.05) is 39.0 Å². The fourth-order valence-corrected chi connectivity index (χ4v) is 6.08. The largest absolute Gasteiger partial charge is 0.352 e. The first kappa shape index (κ1) is 32.2. The standard InChI is InChI=1S/C32H40ClN3O4S/c1-6-24(5)34-32(38)30(7-2)35(21-26-13-11-12-16-29(26)33)31(37)22-36(27-19-17-25(18-20-27)23(3)4)41(39,40)28-14-9-8-10-15-28/h8-20,23-24,30H,6-7,21-22H2,1-5H3,(H,34,38). The number of nitrogens with one attached hydrogen (secondary N) is 1. The van der Waals surface area contributed by atoms with E-state index >= 15 is 0 Å². The van der Waals surface area contributed by atoms with Crippen molar-refractivity contribution in [3.8, 4) is 0 Å². The minimum absolute atomic E-state index is 0.0520. The van der Waals surface area contributed by atoms with E-state index in [2.05, 4.69) is 19.2 Å². The monoisotopic (exact) mass is 597 g/mol. The lowest BCUT2D eigenvalue weighted by molar-refractivity contribution is -0.140. The second-order valence-electron chi connectivity index (χ2n) is 10.4. The summed E-state index contributed by atoms with van der Waals surface area (Å²) in [6.45, 7) is 9.37. The molecule has 7 nitrogen and oxygen atoms in total. The molecular formula is C32H40ClN3O4S. The van der Waals surface area contributed by atoms with E-state index in [0.29, 0.717) is 22.7 Å². The number of hydrogen-bond acceptors (Lipinski definition) is 4. The number of anilines is 1. The molecule has 0 saturated carbocycles. The molecule has 9 heteroatoms. The van der Waals surface area contributed by atoms with Gasteiger partial charge in [-0.1, -0.05) is 87.8 Å². The van der Waals surface area contributed by atoms with Crippen molar-refractivity contribution in [2.45, 2.75) is 76.9 Å². The number of carbonyl (C=O) groups is 2. The van der Waals surface area contributed by atoms with Crippen LogP contribution in [-0.2, 0) is 26.2 Å². The molecule has 0 aliphatic heterocycles. The number of hydrogen-bond donors (Lipinski definition) is 1. The summed E-state index contributed by atoms with van der Waals surface area (Å²) in [6.07, 6.45) is 1.07. The third-order valence-corrected chi connectivity index (χ3v) is 9.30. The van der Waals surface area contributed by atoms with Crippen LogP contribution in [0, 0.1) is 0 Å². The maximum Gasteiger partial charge on any atom is 0.264 e. The summed E-state index contributed by atoms with van der Waals surface area (Å²) in [7, 11) is -4.11. The van der Waals surface area contributed by atoms with Crippen molar-refractivity contribution < 1.29 is 18.0 Å². The van der Waals surface area contributed by atoms with Crippen LogP contribution in [0.25, 0.3) is 0 Å². The Morgan fingerprint density at radius 2 is 1.46 bits per heavy atom. The molecule has 3 rings (SSSR count). The lowest BCUT2D eigenvalue weighted by Gasteiger charge is -2.34. The first-order valence-corrected chi connectivity index (χ1v) is 15.8. The zero-order chi connectivity index (χ0) is 30.2. The first-order valence-electron chi connectivity index (χ1n) is 14.0. The summed E-state index contributed by atoms with van der Waals surface area (Å²) in [4.78, 5) is 29.0. The molecular weight excluding hydrogens is 558 g/mol. The smallest absolute Gasteiger partial charge is 0.264 e. The van der Waals surface area contributed by atoms with E-state index in [0.717, 1.165) is 16.3 Å². The molecule has 1 N–H and O–H groups in total. The van der Waals surface area contributed by atoms with Crippen molar-refractivity contribution in [3.05, 3.63) is 95.0 Å². The van der Waals surface area contributed by atoms with Crippen LogP contribution in [0.2, 0.25) is 5.02 Å². The van der Waals surface area contributed by atoms with Gasteiger partial charge in [0.15, 0.2) is 0 Å². The predicted molar refractivity (Wildman–Crippen MR) is 165 cm³/mol. The lowest BCUT2D eigenvalue weighted by atomic mass is 10.0. The van der Waals surface area contributed by atoms with Crippen LogP contribution >= 0.6 is 11.6 Å². The van der Waals surface area contributed by atoms with Crippen LogP contribution < -0.4 is 9.62 Å². The zero-order valence-electron chi connectivity index (χ0n) is 24.4.